The van der Waals surface area contributed by atoms with Crippen LogP contribution in [0.4, 0.5) is 5.69 Å². The number of aliphatic hydroxyl groups is 1. The van der Waals surface area contributed by atoms with E-state index in [2.05, 4.69) is 0 Å². The maximum atomic E-state index is 10.5. The third-order valence-corrected chi connectivity index (χ3v) is 3.36. The molecule has 1 aromatic rings. The minimum absolute atomic E-state index is 0. The SMILES string of the molecule is C.COc1cc(C(=O)O)ccc1[N+](=O)[O-].NC1CCC(O)CC1. The number of aliphatic hydroxyl groups excluding tert-OH is 1. The second-order valence-electron chi connectivity index (χ2n) is 5.02. The van der Waals surface area contributed by atoms with Crippen LogP contribution < -0.4 is 10.5 Å². The summed E-state index contributed by atoms with van der Waals surface area (Å²) in [7, 11) is 1.24. The van der Waals surface area contributed by atoms with Crippen LogP contribution in [0.15, 0.2) is 18.2 Å². The highest BCUT2D eigenvalue weighted by Crippen LogP contribution is 2.27. The van der Waals surface area contributed by atoms with Crippen molar-refractivity contribution in [2.75, 3.05) is 7.11 Å². The Balaban J connectivity index is 0.000000460. The van der Waals surface area contributed by atoms with Gasteiger partial charge < -0.3 is 20.7 Å². The van der Waals surface area contributed by atoms with Gasteiger partial charge in [-0.1, -0.05) is 7.43 Å². The molecule has 0 aliphatic heterocycles. The lowest BCUT2D eigenvalue weighted by molar-refractivity contribution is -0.385. The maximum absolute atomic E-state index is 10.5. The summed E-state index contributed by atoms with van der Waals surface area (Å²) in [6.45, 7) is 0. The van der Waals surface area contributed by atoms with Gasteiger partial charge in [-0.15, -0.1) is 0 Å². The molecule has 0 aromatic heterocycles. The van der Waals surface area contributed by atoms with Crippen LogP contribution in [-0.2, 0) is 0 Å². The van der Waals surface area contributed by atoms with E-state index in [0.717, 1.165) is 43.9 Å². The molecule has 2 rings (SSSR count). The van der Waals surface area contributed by atoms with Gasteiger partial charge in [-0.3, -0.25) is 10.1 Å². The number of carbonyl (C=O) groups is 1. The molecule has 1 fully saturated rings. The van der Waals surface area contributed by atoms with Crippen LogP contribution in [0.25, 0.3) is 0 Å². The molecule has 8 nitrogen and oxygen atoms in total. The Labute approximate surface area is 135 Å². The van der Waals surface area contributed by atoms with E-state index in [4.69, 9.17) is 20.7 Å². The number of carboxylic acid groups (broad SMARTS) is 1. The molecule has 0 bridgehead atoms. The van der Waals surface area contributed by atoms with Gasteiger partial charge in [-0.25, -0.2) is 4.79 Å². The number of nitro groups is 1. The van der Waals surface area contributed by atoms with Crippen molar-refractivity contribution < 1.29 is 24.7 Å². The number of carboxylic acids is 1. The van der Waals surface area contributed by atoms with Crippen LogP contribution in [0.2, 0.25) is 0 Å². The summed E-state index contributed by atoms with van der Waals surface area (Å²) in [6.07, 6.45) is 3.75. The number of hydrogen-bond donors (Lipinski definition) is 3. The predicted molar refractivity (Wildman–Crippen MR) is 85.8 cm³/mol. The average Bonchev–Trinajstić information content (AvgIpc) is 2.50. The summed E-state index contributed by atoms with van der Waals surface area (Å²) >= 11 is 0. The van der Waals surface area contributed by atoms with Crippen LogP contribution in [-0.4, -0.2) is 40.4 Å². The molecular weight excluding hydrogens is 304 g/mol. The molecular formula is C15H24N2O6. The summed E-state index contributed by atoms with van der Waals surface area (Å²) in [5.41, 5.74) is 5.28. The summed E-state index contributed by atoms with van der Waals surface area (Å²) in [4.78, 5) is 20.3. The zero-order valence-corrected chi connectivity index (χ0v) is 12.3. The van der Waals surface area contributed by atoms with Crippen molar-refractivity contribution in [1.82, 2.24) is 0 Å². The molecule has 1 aliphatic rings. The summed E-state index contributed by atoms with van der Waals surface area (Å²) in [5, 5.41) is 28.0. The molecule has 1 aliphatic carbocycles. The Morgan fingerprint density at radius 3 is 2.30 bits per heavy atom. The number of nitro benzene ring substituents is 1. The zero-order valence-electron chi connectivity index (χ0n) is 12.3. The summed E-state index contributed by atoms with van der Waals surface area (Å²) < 4.78 is 4.69. The van der Waals surface area contributed by atoms with Gasteiger partial charge in [0.2, 0.25) is 0 Å². The Morgan fingerprint density at radius 1 is 1.35 bits per heavy atom. The first-order valence-corrected chi connectivity index (χ1v) is 6.84. The largest absolute Gasteiger partial charge is 0.490 e. The van der Waals surface area contributed by atoms with Crippen molar-refractivity contribution in [1.29, 1.82) is 0 Å². The first kappa shape index (κ1) is 20.8. The van der Waals surface area contributed by atoms with Gasteiger partial charge in [0, 0.05) is 18.2 Å². The lowest BCUT2D eigenvalue weighted by Gasteiger charge is -2.21. The molecule has 0 radical (unpaired) electrons. The molecule has 0 amide bonds. The number of rotatable bonds is 3. The van der Waals surface area contributed by atoms with Gasteiger partial charge in [-0.2, -0.15) is 0 Å². The van der Waals surface area contributed by atoms with E-state index in [9.17, 15) is 14.9 Å². The molecule has 0 saturated heterocycles. The molecule has 1 aromatic carbocycles. The number of methoxy groups -OCH3 is 1. The smallest absolute Gasteiger partial charge is 0.335 e. The van der Waals surface area contributed by atoms with E-state index >= 15 is 0 Å². The fourth-order valence-electron chi connectivity index (χ4n) is 2.06. The number of nitrogens with zero attached hydrogens (tertiary/aromatic N) is 1. The van der Waals surface area contributed by atoms with Crippen molar-refractivity contribution in [3.8, 4) is 5.75 Å². The minimum Gasteiger partial charge on any atom is -0.490 e. The van der Waals surface area contributed by atoms with Crippen LogP contribution in [0.5, 0.6) is 5.75 Å². The second kappa shape index (κ2) is 9.75. The number of hydrogen-bond acceptors (Lipinski definition) is 6. The van der Waals surface area contributed by atoms with E-state index in [0.29, 0.717) is 6.04 Å². The van der Waals surface area contributed by atoms with Crippen LogP contribution in [0.1, 0.15) is 43.5 Å². The molecule has 23 heavy (non-hydrogen) atoms. The van der Waals surface area contributed by atoms with Crippen LogP contribution in [0.3, 0.4) is 0 Å². The molecule has 4 N–H and O–H groups in total. The van der Waals surface area contributed by atoms with Crippen molar-refractivity contribution in [3.63, 3.8) is 0 Å². The molecule has 0 unspecified atom stereocenters. The zero-order chi connectivity index (χ0) is 16.7. The van der Waals surface area contributed by atoms with Crippen molar-refractivity contribution in [3.05, 3.63) is 33.9 Å². The van der Waals surface area contributed by atoms with Gasteiger partial charge in [0.05, 0.1) is 23.7 Å². The third kappa shape index (κ3) is 6.62. The molecule has 130 valence electrons. The van der Waals surface area contributed by atoms with Gasteiger partial charge in [-0.05, 0) is 31.7 Å². The molecule has 8 heteroatoms. The fraction of sp³-hybridized carbons (Fsp3) is 0.533. The standard InChI is InChI=1S/C8H7NO5.C6H13NO.CH4/c1-14-7-4-5(8(10)11)2-3-6(7)9(12)13;7-5-1-3-6(8)4-2-5;/h2-4H,1H3,(H,10,11);5-6,8H,1-4,7H2;1H4. The highest BCUT2D eigenvalue weighted by Gasteiger charge is 2.16. The number of benzene rings is 1. The van der Waals surface area contributed by atoms with Crippen LogP contribution >= 0.6 is 0 Å². The van der Waals surface area contributed by atoms with Gasteiger partial charge in [0.1, 0.15) is 0 Å². The van der Waals surface area contributed by atoms with Gasteiger partial charge >= 0.3 is 11.7 Å². The Kier molecular flexibility index (Phi) is 8.82. The highest BCUT2D eigenvalue weighted by atomic mass is 16.6. The van der Waals surface area contributed by atoms with Crippen LogP contribution in [0, 0.1) is 10.1 Å². The Bertz CT molecular complexity index is 517. The lowest BCUT2D eigenvalue weighted by Crippen LogP contribution is -2.28. The van der Waals surface area contributed by atoms with E-state index in [1.807, 2.05) is 0 Å². The number of nitrogens with two attached hydrogens (primary N) is 1. The normalized spacial score (nSPS) is 19.6. The first-order chi connectivity index (χ1) is 10.3. The Morgan fingerprint density at radius 2 is 1.91 bits per heavy atom. The van der Waals surface area contributed by atoms with Crippen molar-refractivity contribution in [2.24, 2.45) is 5.73 Å². The number of ether oxygens (including phenoxy) is 1. The van der Waals surface area contributed by atoms with Gasteiger partial charge in [0.15, 0.2) is 5.75 Å². The topological polar surface area (TPSA) is 136 Å². The maximum Gasteiger partial charge on any atom is 0.335 e. The highest BCUT2D eigenvalue weighted by molar-refractivity contribution is 5.88. The summed E-state index contributed by atoms with van der Waals surface area (Å²) in [6, 6.07) is 3.73. The van der Waals surface area contributed by atoms with Gasteiger partial charge in [0.25, 0.3) is 0 Å². The van der Waals surface area contributed by atoms with Crippen molar-refractivity contribution in [2.45, 2.75) is 45.3 Å². The third-order valence-electron chi connectivity index (χ3n) is 3.36. The van der Waals surface area contributed by atoms with Crippen molar-refractivity contribution >= 4 is 11.7 Å². The first-order valence-electron chi connectivity index (χ1n) is 6.84. The molecule has 0 spiro atoms. The number of aromatic carboxylic acids is 1. The van der Waals surface area contributed by atoms with E-state index in [-0.39, 0.29) is 30.5 Å². The Hall–Kier alpha value is -2.19. The van der Waals surface area contributed by atoms with E-state index in [1.165, 1.54) is 7.11 Å². The quantitative estimate of drug-likeness (QED) is 0.571. The second-order valence-corrected chi connectivity index (χ2v) is 5.02. The van der Waals surface area contributed by atoms with E-state index in [1.54, 1.807) is 0 Å². The fourth-order valence-corrected chi connectivity index (χ4v) is 2.06. The molecule has 1 saturated carbocycles. The molecule has 0 heterocycles. The lowest BCUT2D eigenvalue weighted by atomic mass is 9.94. The minimum atomic E-state index is -1.15. The molecule has 0 atom stereocenters. The summed E-state index contributed by atoms with van der Waals surface area (Å²) in [5.74, 6) is -1.21. The van der Waals surface area contributed by atoms with E-state index < -0.39 is 10.9 Å². The average molecular weight is 328 g/mol. The monoisotopic (exact) mass is 328 g/mol. The predicted octanol–water partition coefficient (Wildman–Crippen LogP) is 2.19.